The van der Waals surface area contributed by atoms with Crippen molar-refractivity contribution in [3.63, 3.8) is 0 Å². The van der Waals surface area contributed by atoms with Gasteiger partial charge in [0.05, 0.1) is 7.11 Å². The Kier molecular flexibility index (Phi) is 3.86. The average molecular weight is 217 g/mol. The zero-order valence-corrected chi connectivity index (χ0v) is 8.71. The van der Waals surface area contributed by atoms with E-state index in [2.05, 4.69) is 10.2 Å². The highest BCUT2D eigenvalue weighted by Crippen LogP contribution is 2.11. The third-order valence-corrected chi connectivity index (χ3v) is 1.73. The van der Waals surface area contributed by atoms with E-state index in [0.717, 1.165) is 0 Å². The minimum Gasteiger partial charge on any atom is -0.497 e. The van der Waals surface area contributed by atoms with Crippen LogP contribution in [0.25, 0.3) is 0 Å². The molecule has 0 aromatic heterocycles. The SMILES string of the molecule is COc1ccc(/C(C#N)=N/N=C(N)N)cc1. The molecule has 6 nitrogen and oxygen atoms in total. The monoisotopic (exact) mass is 217 g/mol. The molecule has 0 spiro atoms. The normalized spacial score (nSPS) is 10.4. The van der Waals surface area contributed by atoms with Crippen LogP contribution in [0.4, 0.5) is 0 Å². The number of rotatable bonds is 3. The Hall–Kier alpha value is -2.55. The van der Waals surface area contributed by atoms with Crippen LogP contribution >= 0.6 is 0 Å². The minimum atomic E-state index is -0.193. The molecule has 16 heavy (non-hydrogen) atoms. The number of nitrogens with zero attached hydrogens (tertiary/aromatic N) is 3. The van der Waals surface area contributed by atoms with E-state index in [9.17, 15) is 0 Å². The van der Waals surface area contributed by atoms with E-state index < -0.39 is 0 Å². The second kappa shape index (κ2) is 5.36. The Morgan fingerprint density at radius 2 is 1.88 bits per heavy atom. The highest BCUT2D eigenvalue weighted by Gasteiger charge is 2.02. The summed E-state index contributed by atoms with van der Waals surface area (Å²) < 4.78 is 4.99. The van der Waals surface area contributed by atoms with Crippen molar-refractivity contribution in [1.82, 2.24) is 0 Å². The molecule has 4 N–H and O–H groups in total. The lowest BCUT2D eigenvalue weighted by Crippen LogP contribution is -2.22. The summed E-state index contributed by atoms with van der Waals surface area (Å²) in [5.41, 5.74) is 11.0. The molecule has 0 aliphatic carbocycles. The Morgan fingerprint density at radius 3 is 2.31 bits per heavy atom. The molecule has 82 valence electrons. The predicted molar refractivity (Wildman–Crippen MR) is 61.0 cm³/mol. The fourth-order valence-electron chi connectivity index (χ4n) is 1.00. The molecule has 0 saturated heterocycles. The second-order valence-electron chi connectivity index (χ2n) is 2.81. The van der Waals surface area contributed by atoms with Crippen LogP contribution in [0.15, 0.2) is 34.5 Å². The topological polar surface area (TPSA) is 110 Å². The number of ether oxygens (including phenoxy) is 1. The molecule has 0 aliphatic heterocycles. The van der Waals surface area contributed by atoms with E-state index in [1.165, 1.54) is 0 Å². The first-order valence-corrected chi connectivity index (χ1v) is 4.38. The zero-order valence-electron chi connectivity index (χ0n) is 8.71. The zero-order chi connectivity index (χ0) is 12.0. The molecule has 6 heteroatoms. The van der Waals surface area contributed by atoms with Crippen molar-refractivity contribution in [1.29, 1.82) is 5.26 Å². The smallest absolute Gasteiger partial charge is 0.211 e. The quantitative estimate of drug-likeness (QED) is 0.428. The van der Waals surface area contributed by atoms with Gasteiger partial charge < -0.3 is 16.2 Å². The van der Waals surface area contributed by atoms with E-state index in [1.54, 1.807) is 31.4 Å². The fraction of sp³-hybridized carbons (Fsp3) is 0.100. The highest BCUT2D eigenvalue weighted by molar-refractivity contribution is 6.11. The lowest BCUT2D eigenvalue weighted by atomic mass is 10.1. The van der Waals surface area contributed by atoms with Crippen LogP contribution in [0, 0.1) is 11.3 Å². The summed E-state index contributed by atoms with van der Waals surface area (Å²) >= 11 is 0. The lowest BCUT2D eigenvalue weighted by molar-refractivity contribution is 0.415. The number of hydrogen-bond acceptors (Lipinski definition) is 4. The molecule has 0 atom stereocenters. The van der Waals surface area contributed by atoms with Gasteiger partial charge in [-0.1, -0.05) is 0 Å². The summed E-state index contributed by atoms with van der Waals surface area (Å²) in [4.78, 5) is 0. The van der Waals surface area contributed by atoms with Gasteiger partial charge in [0.2, 0.25) is 5.96 Å². The molecular formula is C10H11N5O. The Balaban J connectivity index is 3.01. The summed E-state index contributed by atoms with van der Waals surface area (Å²) in [6.07, 6.45) is 0. The molecule has 1 aromatic carbocycles. The van der Waals surface area contributed by atoms with E-state index in [1.807, 2.05) is 6.07 Å². The number of guanidine groups is 1. The van der Waals surface area contributed by atoms with Crippen molar-refractivity contribution >= 4 is 11.7 Å². The van der Waals surface area contributed by atoms with Crippen LogP contribution in [0.5, 0.6) is 5.75 Å². The number of nitrogens with two attached hydrogens (primary N) is 2. The van der Waals surface area contributed by atoms with Crippen molar-refractivity contribution in [2.75, 3.05) is 7.11 Å². The van der Waals surface area contributed by atoms with Gasteiger partial charge in [0, 0.05) is 5.56 Å². The largest absolute Gasteiger partial charge is 0.497 e. The minimum absolute atomic E-state index is 0.135. The molecule has 1 rings (SSSR count). The van der Waals surface area contributed by atoms with E-state index in [-0.39, 0.29) is 11.7 Å². The Labute approximate surface area is 92.8 Å². The number of nitriles is 1. The van der Waals surface area contributed by atoms with Gasteiger partial charge in [0.25, 0.3) is 0 Å². The second-order valence-corrected chi connectivity index (χ2v) is 2.81. The van der Waals surface area contributed by atoms with Crippen molar-refractivity contribution in [3.05, 3.63) is 29.8 Å². The molecule has 0 unspecified atom stereocenters. The molecule has 0 aliphatic rings. The third kappa shape index (κ3) is 2.99. The first kappa shape index (κ1) is 11.5. The van der Waals surface area contributed by atoms with E-state index in [0.29, 0.717) is 11.3 Å². The molecule has 0 heterocycles. The van der Waals surface area contributed by atoms with Crippen LogP contribution < -0.4 is 16.2 Å². The Morgan fingerprint density at radius 1 is 1.25 bits per heavy atom. The molecule has 0 bridgehead atoms. The van der Waals surface area contributed by atoms with Gasteiger partial charge in [-0.15, -0.1) is 10.2 Å². The number of benzene rings is 1. The van der Waals surface area contributed by atoms with Crippen LogP contribution in [0.1, 0.15) is 5.56 Å². The number of hydrogen-bond donors (Lipinski definition) is 2. The maximum atomic E-state index is 8.86. The summed E-state index contributed by atoms with van der Waals surface area (Å²) in [7, 11) is 1.56. The average Bonchev–Trinajstić information content (AvgIpc) is 2.30. The van der Waals surface area contributed by atoms with Crippen molar-refractivity contribution in [3.8, 4) is 11.8 Å². The molecule has 1 aromatic rings. The van der Waals surface area contributed by atoms with Crippen LogP contribution in [0.3, 0.4) is 0 Å². The molecule has 0 amide bonds. The van der Waals surface area contributed by atoms with E-state index in [4.69, 9.17) is 21.5 Å². The standard InChI is InChI=1S/C10H11N5O/c1-16-8-4-2-7(3-5-8)9(6-11)14-15-10(12)13/h2-5H,1H3,(H4,12,13,15)/b14-9+. The molecule has 0 saturated carbocycles. The highest BCUT2D eigenvalue weighted by atomic mass is 16.5. The molecular weight excluding hydrogens is 206 g/mol. The van der Waals surface area contributed by atoms with Gasteiger partial charge in [0.1, 0.15) is 11.8 Å². The summed E-state index contributed by atoms with van der Waals surface area (Å²) in [6, 6.07) is 8.74. The van der Waals surface area contributed by atoms with Gasteiger partial charge in [-0.25, -0.2) is 0 Å². The maximum absolute atomic E-state index is 8.86. The third-order valence-electron chi connectivity index (χ3n) is 1.73. The van der Waals surface area contributed by atoms with E-state index >= 15 is 0 Å². The number of methoxy groups -OCH3 is 1. The predicted octanol–water partition coefficient (Wildman–Crippen LogP) is 0.196. The summed E-state index contributed by atoms with van der Waals surface area (Å²) in [6.45, 7) is 0. The maximum Gasteiger partial charge on any atom is 0.211 e. The molecule has 0 fully saturated rings. The van der Waals surface area contributed by atoms with Crippen LogP contribution in [-0.2, 0) is 0 Å². The van der Waals surface area contributed by atoms with Gasteiger partial charge >= 0.3 is 0 Å². The summed E-state index contributed by atoms with van der Waals surface area (Å²) in [5, 5.41) is 15.9. The van der Waals surface area contributed by atoms with Crippen molar-refractivity contribution in [2.45, 2.75) is 0 Å². The first-order chi connectivity index (χ1) is 7.67. The lowest BCUT2D eigenvalue weighted by Gasteiger charge is -2.00. The van der Waals surface area contributed by atoms with Crippen molar-refractivity contribution in [2.24, 2.45) is 21.7 Å². The van der Waals surface area contributed by atoms with Gasteiger partial charge in [-0.3, -0.25) is 0 Å². The Bertz CT molecular complexity index is 451. The van der Waals surface area contributed by atoms with Crippen LogP contribution in [-0.4, -0.2) is 18.8 Å². The van der Waals surface area contributed by atoms with Gasteiger partial charge in [-0.2, -0.15) is 5.26 Å². The molecule has 0 radical (unpaired) electrons. The van der Waals surface area contributed by atoms with Gasteiger partial charge in [-0.05, 0) is 24.3 Å². The van der Waals surface area contributed by atoms with Crippen LogP contribution in [0.2, 0.25) is 0 Å². The van der Waals surface area contributed by atoms with Gasteiger partial charge in [0.15, 0.2) is 5.71 Å². The first-order valence-electron chi connectivity index (χ1n) is 4.38. The fourth-order valence-corrected chi connectivity index (χ4v) is 1.00. The summed E-state index contributed by atoms with van der Waals surface area (Å²) in [5.74, 6) is 0.504. The van der Waals surface area contributed by atoms with Crippen molar-refractivity contribution < 1.29 is 4.74 Å².